The molecule has 5 nitrogen and oxygen atoms in total. The predicted octanol–water partition coefficient (Wildman–Crippen LogP) is 5.18. The molecule has 0 bridgehead atoms. The smallest absolute Gasteiger partial charge is 0.308 e. The SMILES string of the molecule is CCSc1ccc(-c2cccc(NC(=O)Nc3cc(F)ccc3F)c2)nn1. The Labute approximate surface area is 159 Å². The van der Waals surface area contributed by atoms with Crippen LogP contribution in [0.5, 0.6) is 0 Å². The lowest BCUT2D eigenvalue weighted by molar-refractivity contribution is 0.262. The van der Waals surface area contributed by atoms with E-state index in [-0.39, 0.29) is 5.69 Å². The first kappa shape index (κ1) is 18.8. The highest BCUT2D eigenvalue weighted by atomic mass is 32.2. The lowest BCUT2D eigenvalue weighted by Crippen LogP contribution is -2.20. The molecule has 0 aliphatic carbocycles. The molecular formula is C19H16F2N4OS. The van der Waals surface area contributed by atoms with Crippen molar-refractivity contribution in [2.45, 2.75) is 11.9 Å². The van der Waals surface area contributed by atoms with Crippen molar-refractivity contribution in [3.05, 3.63) is 66.2 Å². The zero-order chi connectivity index (χ0) is 19.2. The van der Waals surface area contributed by atoms with Crippen molar-refractivity contribution in [1.29, 1.82) is 0 Å². The molecule has 27 heavy (non-hydrogen) atoms. The van der Waals surface area contributed by atoms with Crippen LogP contribution in [0.15, 0.2) is 59.6 Å². The third kappa shape index (κ3) is 5.01. The van der Waals surface area contributed by atoms with Gasteiger partial charge in [-0.3, -0.25) is 0 Å². The summed E-state index contributed by atoms with van der Waals surface area (Å²) in [7, 11) is 0. The highest BCUT2D eigenvalue weighted by molar-refractivity contribution is 7.99. The topological polar surface area (TPSA) is 66.9 Å². The van der Waals surface area contributed by atoms with E-state index < -0.39 is 17.7 Å². The van der Waals surface area contributed by atoms with Crippen LogP contribution in [-0.2, 0) is 0 Å². The van der Waals surface area contributed by atoms with Gasteiger partial charge in [0.15, 0.2) is 0 Å². The second-order valence-corrected chi connectivity index (χ2v) is 6.76. The Morgan fingerprint density at radius 3 is 2.63 bits per heavy atom. The van der Waals surface area contributed by atoms with Crippen molar-refractivity contribution in [3.8, 4) is 11.3 Å². The van der Waals surface area contributed by atoms with Gasteiger partial charge in [-0.1, -0.05) is 19.1 Å². The van der Waals surface area contributed by atoms with Crippen LogP contribution < -0.4 is 10.6 Å². The van der Waals surface area contributed by atoms with Crippen LogP contribution in [0, 0.1) is 11.6 Å². The van der Waals surface area contributed by atoms with Gasteiger partial charge in [-0.25, -0.2) is 13.6 Å². The zero-order valence-electron chi connectivity index (χ0n) is 14.4. The summed E-state index contributed by atoms with van der Waals surface area (Å²) >= 11 is 1.60. The number of anilines is 2. The van der Waals surface area contributed by atoms with E-state index in [4.69, 9.17) is 0 Å². The maximum absolute atomic E-state index is 13.6. The molecule has 0 spiro atoms. The summed E-state index contributed by atoms with van der Waals surface area (Å²) in [6.45, 7) is 2.04. The van der Waals surface area contributed by atoms with Gasteiger partial charge in [0.25, 0.3) is 0 Å². The van der Waals surface area contributed by atoms with Crippen LogP contribution in [0.1, 0.15) is 6.92 Å². The largest absolute Gasteiger partial charge is 0.323 e. The van der Waals surface area contributed by atoms with Crippen molar-refractivity contribution in [2.24, 2.45) is 0 Å². The molecule has 2 aromatic carbocycles. The van der Waals surface area contributed by atoms with Gasteiger partial charge in [0, 0.05) is 17.3 Å². The van der Waals surface area contributed by atoms with Crippen molar-refractivity contribution >= 4 is 29.2 Å². The molecule has 0 aliphatic rings. The number of nitrogens with zero attached hydrogens (tertiary/aromatic N) is 2. The predicted molar refractivity (Wildman–Crippen MR) is 103 cm³/mol. The van der Waals surface area contributed by atoms with E-state index in [1.165, 1.54) is 0 Å². The van der Waals surface area contributed by atoms with Crippen LogP contribution >= 0.6 is 11.8 Å². The van der Waals surface area contributed by atoms with Crippen molar-refractivity contribution < 1.29 is 13.6 Å². The van der Waals surface area contributed by atoms with E-state index in [0.29, 0.717) is 11.4 Å². The second-order valence-electron chi connectivity index (χ2n) is 5.47. The van der Waals surface area contributed by atoms with Gasteiger partial charge in [0.05, 0.1) is 11.4 Å². The third-order valence-electron chi connectivity index (χ3n) is 3.53. The van der Waals surface area contributed by atoms with E-state index in [1.807, 2.05) is 25.1 Å². The Morgan fingerprint density at radius 1 is 1.04 bits per heavy atom. The van der Waals surface area contributed by atoms with Crippen molar-refractivity contribution in [3.63, 3.8) is 0 Å². The summed E-state index contributed by atoms with van der Waals surface area (Å²) in [4.78, 5) is 12.1. The zero-order valence-corrected chi connectivity index (χ0v) is 15.2. The number of amides is 2. The summed E-state index contributed by atoms with van der Waals surface area (Å²) in [6, 6.07) is 12.9. The second kappa shape index (κ2) is 8.59. The Balaban J connectivity index is 1.71. The number of aromatic nitrogens is 2. The molecule has 0 saturated carbocycles. The molecule has 1 aromatic heterocycles. The number of carbonyl (C=O) groups excluding carboxylic acids is 1. The number of hydrogen-bond acceptors (Lipinski definition) is 4. The fraction of sp³-hybridized carbons (Fsp3) is 0.105. The van der Waals surface area contributed by atoms with Crippen LogP contribution in [0.3, 0.4) is 0 Å². The van der Waals surface area contributed by atoms with E-state index in [0.717, 1.165) is 34.5 Å². The standard InChI is InChI=1S/C19H16F2N4OS/c1-2-27-18-9-8-16(24-25-18)12-4-3-5-14(10-12)22-19(26)23-17-11-13(20)6-7-15(17)21/h3-11H,2H2,1H3,(H2,22,23,26). The lowest BCUT2D eigenvalue weighted by Gasteiger charge is -2.10. The average Bonchev–Trinajstić information content (AvgIpc) is 2.66. The number of halogens is 2. The van der Waals surface area contributed by atoms with Gasteiger partial charge >= 0.3 is 6.03 Å². The number of hydrogen-bond donors (Lipinski definition) is 2. The van der Waals surface area contributed by atoms with E-state index >= 15 is 0 Å². The molecule has 0 saturated heterocycles. The van der Waals surface area contributed by atoms with Gasteiger partial charge in [0.1, 0.15) is 16.7 Å². The molecule has 3 rings (SSSR count). The molecular weight excluding hydrogens is 370 g/mol. The van der Waals surface area contributed by atoms with Gasteiger partial charge in [-0.05, 0) is 42.2 Å². The molecule has 3 aromatic rings. The summed E-state index contributed by atoms with van der Waals surface area (Å²) < 4.78 is 26.8. The Hall–Kier alpha value is -3.00. The first-order valence-electron chi connectivity index (χ1n) is 8.15. The minimum atomic E-state index is -0.722. The lowest BCUT2D eigenvalue weighted by atomic mass is 10.1. The van der Waals surface area contributed by atoms with Crippen LogP contribution in [0.25, 0.3) is 11.3 Å². The number of thioether (sulfide) groups is 1. The summed E-state index contributed by atoms with van der Waals surface area (Å²) in [5, 5.41) is 14.0. The fourth-order valence-corrected chi connectivity index (χ4v) is 2.89. The maximum Gasteiger partial charge on any atom is 0.323 e. The highest BCUT2D eigenvalue weighted by Crippen LogP contribution is 2.23. The van der Waals surface area contributed by atoms with Crippen molar-refractivity contribution in [1.82, 2.24) is 10.2 Å². The Kier molecular flexibility index (Phi) is 5.97. The van der Waals surface area contributed by atoms with Gasteiger partial charge in [-0.15, -0.1) is 22.0 Å². The molecule has 0 radical (unpaired) electrons. The minimum absolute atomic E-state index is 0.237. The van der Waals surface area contributed by atoms with E-state index in [2.05, 4.69) is 20.8 Å². The first-order chi connectivity index (χ1) is 13.0. The summed E-state index contributed by atoms with van der Waals surface area (Å²) in [5.41, 5.74) is 1.68. The van der Waals surface area contributed by atoms with Crippen molar-refractivity contribution in [2.75, 3.05) is 16.4 Å². The molecule has 2 N–H and O–H groups in total. The van der Waals surface area contributed by atoms with E-state index in [9.17, 15) is 13.6 Å². The molecule has 0 atom stereocenters. The normalized spacial score (nSPS) is 10.5. The van der Waals surface area contributed by atoms with Gasteiger partial charge < -0.3 is 10.6 Å². The Bertz CT molecular complexity index is 951. The molecule has 1 heterocycles. The number of urea groups is 1. The average molecular weight is 386 g/mol. The summed E-state index contributed by atoms with van der Waals surface area (Å²) in [6.07, 6.45) is 0. The molecule has 0 aliphatic heterocycles. The monoisotopic (exact) mass is 386 g/mol. The fourth-order valence-electron chi connectivity index (χ4n) is 2.33. The number of rotatable bonds is 5. The molecule has 138 valence electrons. The molecule has 0 unspecified atom stereocenters. The van der Waals surface area contributed by atoms with Gasteiger partial charge in [0.2, 0.25) is 0 Å². The van der Waals surface area contributed by atoms with Crippen LogP contribution in [0.4, 0.5) is 25.0 Å². The van der Waals surface area contributed by atoms with Crippen LogP contribution in [0.2, 0.25) is 0 Å². The van der Waals surface area contributed by atoms with Gasteiger partial charge in [-0.2, -0.15) is 0 Å². The quantitative estimate of drug-likeness (QED) is 0.593. The third-order valence-corrected chi connectivity index (χ3v) is 4.33. The number of nitrogens with one attached hydrogen (secondary N) is 2. The number of benzene rings is 2. The maximum atomic E-state index is 13.6. The molecule has 2 amide bonds. The summed E-state index contributed by atoms with van der Waals surface area (Å²) in [5.74, 6) is -0.452. The highest BCUT2D eigenvalue weighted by Gasteiger charge is 2.09. The number of carbonyl (C=O) groups is 1. The Morgan fingerprint density at radius 2 is 1.89 bits per heavy atom. The first-order valence-corrected chi connectivity index (χ1v) is 9.13. The van der Waals surface area contributed by atoms with Crippen LogP contribution in [-0.4, -0.2) is 22.0 Å². The van der Waals surface area contributed by atoms with E-state index in [1.54, 1.807) is 30.0 Å². The minimum Gasteiger partial charge on any atom is -0.308 e. The molecule has 0 fully saturated rings. The molecule has 8 heteroatoms.